The van der Waals surface area contributed by atoms with E-state index < -0.39 is 0 Å². The normalized spacial score (nSPS) is 12.5. The van der Waals surface area contributed by atoms with E-state index in [1.165, 1.54) is 43.4 Å². The maximum Gasteiger partial charge on any atom is 0.324 e. The summed E-state index contributed by atoms with van der Waals surface area (Å²) in [7, 11) is 0. The molecule has 1 heterocycles. The molecule has 1 aromatic heterocycles. The fourth-order valence-electron chi connectivity index (χ4n) is 2.11. The van der Waals surface area contributed by atoms with Crippen molar-refractivity contribution in [2.24, 2.45) is 0 Å². The van der Waals surface area contributed by atoms with Gasteiger partial charge in [-0.2, -0.15) is 0 Å². The van der Waals surface area contributed by atoms with Crippen molar-refractivity contribution < 1.29 is 9.66 Å². The van der Waals surface area contributed by atoms with Gasteiger partial charge in [0.2, 0.25) is 0 Å². The van der Waals surface area contributed by atoms with Crippen LogP contribution in [-0.4, -0.2) is 11.0 Å². The maximum absolute atomic E-state index is 10.6. The van der Waals surface area contributed by atoms with Gasteiger partial charge in [-0.15, -0.1) is 0 Å². The van der Waals surface area contributed by atoms with Crippen molar-refractivity contribution in [3.63, 3.8) is 0 Å². The molecule has 0 aliphatic carbocycles. The Morgan fingerprint density at radius 1 is 1.20 bits per heavy atom. The van der Waals surface area contributed by atoms with E-state index in [2.05, 4.69) is 13.8 Å². The van der Waals surface area contributed by atoms with E-state index in [1.54, 1.807) is 12.1 Å². The van der Waals surface area contributed by atoms with Crippen molar-refractivity contribution in [3.05, 3.63) is 27.1 Å². The molecule has 0 aliphatic rings. The van der Waals surface area contributed by atoms with Crippen molar-refractivity contribution in [2.45, 2.75) is 71.5 Å². The number of thiophene rings is 1. The topological polar surface area (TPSA) is 52.4 Å². The SMILES string of the molecule is CCCCCC(CCCC)OCc1ccc([N+](=O)[O-])s1. The minimum Gasteiger partial charge on any atom is -0.373 e. The number of hydrogen-bond donors (Lipinski definition) is 0. The number of rotatable bonds is 11. The Balaban J connectivity index is 2.40. The Hall–Kier alpha value is -0.940. The molecule has 1 atom stereocenters. The fraction of sp³-hybridized carbons (Fsp3) is 0.733. The predicted molar refractivity (Wildman–Crippen MR) is 83.2 cm³/mol. The molecule has 0 saturated heterocycles. The van der Waals surface area contributed by atoms with Gasteiger partial charge >= 0.3 is 5.00 Å². The fourth-order valence-corrected chi connectivity index (χ4v) is 2.85. The molecule has 5 heteroatoms. The summed E-state index contributed by atoms with van der Waals surface area (Å²) in [5.41, 5.74) is 0. The third kappa shape index (κ3) is 6.48. The molecule has 114 valence electrons. The number of nitro groups is 1. The van der Waals surface area contributed by atoms with E-state index in [1.807, 2.05) is 0 Å². The van der Waals surface area contributed by atoms with Crippen LogP contribution >= 0.6 is 11.3 Å². The monoisotopic (exact) mass is 299 g/mol. The van der Waals surface area contributed by atoms with Crippen LogP contribution in [0.1, 0.15) is 63.7 Å². The summed E-state index contributed by atoms with van der Waals surface area (Å²) in [6.45, 7) is 4.89. The molecule has 0 aliphatic heterocycles. The van der Waals surface area contributed by atoms with Gasteiger partial charge in [-0.25, -0.2) is 0 Å². The maximum atomic E-state index is 10.6. The molecule has 0 amide bonds. The van der Waals surface area contributed by atoms with Crippen LogP contribution in [0.3, 0.4) is 0 Å². The van der Waals surface area contributed by atoms with Crippen LogP contribution in [0.5, 0.6) is 0 Å². The summed E-state index contributed by atoms with van der Waals surface area (Å²) < 4.78 is 5.96. The molecule has 0 spiro atoms. The molecule has 1 aromatic rings. The van der Waals surface area contributed by atoms with Crippen LogP contribution in [-0.2, 0) is 11.3 Å². The summed E-state index contributed by atoms with van der Waals surface area (Å²) >= 11 is 1.21. The molecule has 0 saturated carbocycles. The third-order valence-corrected chi connectivity index (χ3v) is 4.31. The van der Waals surface area contributed by atoms with Crippen LogP contribution in [0.25, 0.3) is 0 Å². The zero-order valence-electron chi connectivity index (χ0n) is 12.5. The molecule has 0 bridgehead atoms. The van der Waals surface area contributed by atoms with E-state index in [0.29, 0.717) is 12.7 Å². The Kier molecular flexibility index (Phi) is 8.46. The highest BCUT2D eigenvalue weighted by Crippen LogP contribution is 2.25. The highest BCUT2D eigenvalue weighted by molar-refractivity contribution is 7.15. The lowest BCUT2D eigenvalue weighted by atomic mass is 10.1. The van der Waals surface area contributed by atoms with Crippen LogP contribution in [0.4, 0.5) is 5.00 Å². The van der Waals surface area contributed by atoms with Crippen LogP contribution in [0, 0.1) is 10.1 Å². The minimum absolute atomic E-state index is 0.194. The minimum atomic E-state index is -0.343. The molecule has 0 radical (unpaired) electrons. The average molecular weight is 299 g/mol. The summed E-state index contributed by atoms with van der Waals surface area (Å²) in [4.78, 5) is 11.2. The van der Waals surface area contributed by atoms with Crippen molar-refractivity contribution >= 4 is 16.3 Å². The Morgan fingerprint density at radius 3 is 2.50 bits per heavy atom. The number of ether oxygens (including phenoxy) is 1. The van der Waals surface area contributed by atoms with Gasteiger partial charge in [0.1, 0.15) is 0 Å². The Morgan fingerprint density at radius 2 is 1.90 bits per heavy atom. The first-order valence-corrected chi connectivity index (χ1v) is 8.33. The number of hydrogen-bond acceptors (Lipinski definition) is 4. The first-order valence-electron chi connectivity index (χ1n) is 7.52. The molecular formula is C15H25NO3S. The Labute approximate surface area is 125 Å². The van der Waals surface area contributed by atoms with E-state index in [9.17, 15) is 10.1 Å². The van der Waals surface area contributed by atoms with E-state index in [4.69, 9.17) is 4.74 Å². The lowest BCUT2D eigenvalue weighted by Gasteiger charge is -2.17. The quantitative estimate of drug-likeness (QED) is 0.316. The van der Waals surface area contributed by atoms with Gasteiger partial charge in [0, 0.05) is 10.9 Å². The van der Waals surface area contributed by atoms with Gasteiger partial charge < -0.3 is 4.74 Å². The lowest BCUT2D eigenvalue weighted by molar-refractivity contribution is -0.380. The zero-order chi connectivity index (χ0) is 14.8. The van der Waals surface area contributed by atoms with E-state index in [0.717, 1.165) is 17.7 Å². The summed E-state index contributed by atoms with van der Waals surface area (Å²) in [6, 6.07) is 3.35. The smallest absolute Gasteiger partial charge is 0.324 e. The second kappa shape index (κ2) is 9.88. The highest BCUT2D eigenvalue weighted by atomic mass is 32.1. The second-order valence-electron chi connectivity index (χ2n) is 5.07. The average Bonchev–Trinajstić information content (AvgIpc) is 2.90. The molecule has 1 unspecified atom stereocenters. The molecule has 1 rings (SSSR count). The molecule has 20 heavy (non-hydrogen) atoms. The summed E-state index contributed by atoms with van der Waals surface area (Å²) in [6.07, 6.45) is 8.51. The van der Waals surface area contributed by atoms with Crippen molar-refractivity contribution in [1.29, 1.82) is 0 Å². The molecule has 0 fully saturated rings. The second-order valence-corrected chi connectivity index (χ2v) is 6.21. The molecular weight excluding hydrogens is 274 g/mol. The molecule has 4 nitrogen and oxygen atoms in total. The Bertz CT molecular complexity index is 392. The number of nitrogens with zero attached hydrogens (tertiary/aromatic N) is 1. The first kappa shape index (κ1) is 17.1. The van der Waals surface area contributed by atoms with Gasteiger partial charge in [0.15, 0.2) is 0 Å². The van der Waals surface area contributed by atoms with Crippen LogP contribution in [0.2, 0.25) is 0 Å². The van der Waals surface area contributed by atoms with Gasteiger partial charge in [-0.1, -0.05) is 57.3 Å². The van der Waals surface area contributed by atoms with Gasteiger partial charge in [0.05, 0.1) is 17.6 Å². The van der Waals surface area contributed by atoms with E-state index >= 15 is 0 Å². The largest absolute Gasteiger partial charge is 0.373 e. The molecule has 0 N–H and O–H groups in total. The number of unbranched alkanes of at least 4 members (excludes halogenated alkanes) is 3. The first-order chi connectivity index (χ1) is 9.67. The van der Waals surface area contributed by atoms with Crippen LogP contribution < -0.4 is 0 Å². The van der Waals surface area contributed by atoms with Crippen molar-refractivity contribution in [2.75, 3.05) is 0 Å². The highest BCUT2D eigenvalue weighted by Gasteiger charge is 2.12. The zero-order valence-corrected chi connectivity index (χ0v) is 13.3. The van der Waals surface area contributed by atoms with Crippen molar-refractivity contribution in [1.82, 2.24) is 0 Å². The summed E-state index contributed by atoms with van der Waals surface area (Å²) in [5, 5.41) is 10.8. The molecule has 0 aromatic carbocycles. The van der Waals surface area contributed by atoms with Gasteiger partial charge in [0.25, 0.3) is 0 Å². The standard InChI is InChI=1S/C15H25NO3S/c1-3-5-7-9-13(8-6-4-2)19-12-14-10-11-15(20-14)16(17)18/h10-11,13H,3-9,12H2,1-2H3. The summed E-state index contributed by atoms with van der Waals surface area (Å²) in [5.74, 6) is 0. The van der Waals surface area contributed by atoms with Crippen molar-refractivity contribution in [3.8, 4) is 0 Å². The van der Waals surface area contributed by atoms with Gasteiger partial charge in [-0.3, -0.25) is 10.1 Å². The predicted octanol–water partition coefficient (Wildman–Crippen LogP) is 5.31. The third-order valence-electron chi connectivity index (χ3n) is 3.30. The van der Waals surface area contributed by atoms with E-state index in [-0.39, 0.29) is 9.92 Å². The van der Waals surface area contributed by atoms with Crippen LogP contribution in [0.15, 0.2) is 12.1 Å². The van der Waals surface area contributed by atoms with Gasteiger partial charge in [-0.05, 0) is 18.9 Å². The lowest BCUT2D eigenvalue weighted by Crippen LogP contribution is -2.12.